The van der Waals surface area contributed by atoms with E-state index in [9.17, 15) is 23.1 Å². The standard InChI is InChI=1S/C16H14F3NO2/c17-16(18,19)13-8-6-12(7-9-13)14(21)15(22)20-10-11-4-2-1-3-5-11/h1-9,14,21H,10H2,(H,20,22)/t14-/m1/s1. The Kier molecular flexibility index (Phi) is 4.82. The number of nitrogens with one attached hydrogen (secondary N) is 1. The summed E-state index contributed by atoms with van der Waals surface area (Å²) in [5, 5.41) is 12.4. The molecule has 22 heavy (non-hydrogen) atoms. The number of alkyl halides is 3. The number of hydrogen-bond acceptors (Lipinski definition) is 2. The van der Waals surface area contributed by atoms with Crippen molar-refractivity contribution in [2.24, 2.45) is 0 Å². The zero-order chi connectivity index (χ0) is 16.2. The summed E-state index contributed by atoms with van der Waals surface area (Å²) in [7, 11) is 0. The number of halogens is 3. The van der Waals surface area contributed by atoms with Crippen LogP contribution in [0.2, 0.25) is 0 Å². The molecule has 6 heteroatoms. The molecule has 0 saturated carbocycles. The van der Waals surface area contributed by atoms with Gasteiger partial charge in [-0.3, -0.25) is 4.79 Å². The monoisotopic (exact) mass is 309 g/mol. The topological polar surface area (TPSA) is 49.3 Å². The van der Waals surface area contributed by atoms with Crippen LogP contribution in [-0.2, 0) is 17.5 Å². The van der Waals surface area contributed by atoms with Gasteiger partial charge in [-0.1, -0.05) is 42.5 Å². The van der Waals surface area contributed by atoms with Crippen LogP contribution < -0.4 is 5.32 Å². The van der Waals surface area contributed by atoms with Crippen molar-refractivity contribution in [2.75, 3.05) is 0 Å². The van der Waals surface area contributed by atoms with Gasteiger partial charge in [-0.15, -0.1) is 0 Å². The van der Waals surface area contributed by atoms with E-state index in [4.69, 9.17) is 0 Å². The minimum atomic E-state index is -4.45. The summed E-state index contributed by atoms with van der Waals surface area (Å²) in [4.78, 5) is 11.8. The summed E-state index contributed by atoms with van der Waals surface area (Å²) in [5.41, 5.74) is 0.141. The molecule has 3 nitrogen and oxygen atoms in total. The molecule has 116 valence electrons. The molecule has 0 radical (unpaired) electrons. The van der Waals surface area contributed by atoms with Gasteiger partial charge in [0, 0.05) is 6.54 Å². The van der Waals surface area contributed by atoms with Crippen LogP contribution in [0.5, 0.6) is 0 Å². The molecular weight excluding hydrogens is 295 g/mol. The van der Waals surface area contributed by atoms with Crippen LogP contribution in [0.3, 0.4) is 0 Å². The van der Waals surface area contributed by atoms with Gasteiger partial charge in [0.15, 0.2) is 6.10 Å². The highest BCUT2D eigenvalue weighted by Gasteiger charge is 2.30. The zero-order valence-corrected chi connectivity index (χ0v) is 11.5. The number of benzene rings is 2. The molecule has 2 aromatic carbocycles. The number of amides is 1. The van der Waals surface area contributed by atoms with E-state index < -0.39 is 23.8 Å². The molecule has 0 saturated heterocycles. The number of aliphatic hydroxyl groups is 1. The molecule has 0 aliphatic rings. The fourth-order valence-electron chi connectivity index (χ4n) is 1.89. The van der Waals surface area contributed by atoms with Gasteiger partial charge < -0.3 is 10.4 Å². The lowest BCUT2D eigenvalue weighted by Gasteiger charge is -2.13. The molecule has 1 amide bonds. The number of carbonyl (C=O) groups is 1. The highest BCUT2D eigenvalue weighted by molar-refractivity contribution is 5.81. The molecule has 0 fully saturated rings. The number of aliphatic hydroxyl groups excluding tert-OH is 1. The van der Waals surface area contributed by atoms with Crippen LogP contribution >= 0.6 is 0 Å². The van der Waals surface area contributed by atoms with Gasteiger partial charge in [0.2, 0.25) is 0 Å². The second kappa shape index (κ2) is 6.62. The number of hydrogen-bond donors (Lipinski definition) is 2. The maximum Gasteiger partial charge on any atom is 0.416 e. The van der Waals surface area contributed by atoms with Gasteiger partial charge in [0.05, 0.1) is 5.56 Å². The summed E-state index contributed by atoms with van der Waals surface area (Å²) in [5.74, 6) is -0.663. The van der Waals surface area contributed by atoms with Crippen molar-refractivity contribution in [1.29, 1.82) is 0 Å². The van der Waals surface area contributed by atoms with Crippen molar-refractivity contribution in [3.63, 3.8) is 0 Å². The van der Waals surface area contributed by atoms with Gasteiger partial charge in [-0.2, -0.15) is 13.2 Å². The van der Waals surface area contributed by atoms with Crippen LogP contribution in [0.4, 0.5) is 13.2 Å². The summed E-state index contributed by atoms with van der Waals surface area (Å²) in [6, 6.07) is 12.9. The Morgan fingerprint density at radius 1 is 1.05 bits per heavy atom. The highest BCUT2D eigenvalue weighted by atomic mass is 19.4. The molecule has 0 bridgehead atoms. The van der Waals surface area contributed by atoms with E-state index >= 15 is 0 Å². The van der Waals surface area contributed by atoms with E-state index in [1.807, 2.05) is 30.3 Å². The van der Waals surface area contributed by atoms with Crippen LogP contribution in [0.25, 0.3) is 0 Å². The first kappa shape index (κ1) is 16.0. The lowest BCUT2D eigenvalue weighted by Crippen LogP contribution is -2.28. The minimum Gasteiger partial charge on any atom is -0.378 e. The molecule has 0 heterocycles. The quantitative estimate of drug-likeness (QED) is 0.912. The Balaban J connectivity index is 1.98. The fourth-order valence-corrected chi connectivity index (χ4v) is 1.89. The fraction of sp³-hybridized carbons (Fsp3) is 0.188. The third-order valence-corrected chi connectivity index (χ3v) is 3.11. The minimum absolute atomic E-state index is 0.110. The van der Waals surface area contributed by atoms with Crippen LogP contribution in [0.15, 0.2) is 54.6 Å². The van der Waals surface area contributed by atoms with Crippen molar-refractivity contribution in [1.82, 2.24) is 5.32 Å². The molecule has 0 spiro atoms. The molecule has 0 aromatic heterocycles. The van der Waals surface area contributed by atoms with Gasteiger partial charge in [-0.25, -0.2) is 0 Å². The Morgan fingerprint density at radius 2 is 1.64 bits per heavy atom. The second-order valence-electron chi connectivity index (χ2n) is 4.73. The third kappa shape index (κ3) is 4.08. The molecule has 1 atom stereocenters. The third-order valence-electron chi connectivity index (χ3n) is 3.11. The van der Waals surface area contributed by atoms with E-state index in [2.05, 4.69) is 5.32 Å². The summed E-state index contributed by atoms with van der Waals surface area (Å²) in [6.07, 6.45) is -5.95. The average Bonchev–Trinajstić information content (AvgIpc) is 2.52. The van der Waals surface area contributed by atoms with Gasteiger partial charge in [-0.05, 0) is 23.3 Å². The Labute approximate surface area is 125 Å². The maximum atomic E-state index is 12.4. The molecular formula is C16H14F3NO2. The van der Waals surface area contributed by atoms with Crippen molar-refractivity contribution in [2.45, 2.75) is 18.8 Å². The smallest absolute Gasteiger partial charge is 0.378 e. The molecule has 0 unspecified atom stereocenters. The first-order valence-electron chi connectivity index (χ1n) is 6.55. The van der Waals surface area contributed by atoms with E-state index in [1.54, 1.807) is 0 Å². The SMILES string of the molecule is O=C(NCc1ccccc1)[C@H](O)c1ccc(C(F)(F)F)cc1. The van der Waals surface area contributed by atoms with E-state index in [1.165, 1.54) is 0 Å². The van der Waals surface area contributed by atoms with Crippen molar-refractivity contribution in [3.8, 4) is 0 Å². The lowest BCUT2D eigenvalue weighted by molar-refractivity contribution is -0.137. The summed E-state index contributed by atoms with van der Waals surface area (Å²) < 4.78 is 37.3. The predicted molar refractivity (Wildman–Crippen MR) is 74.7 cm³/mol. The van der Waals surface area contributed by atoms with Crippen molar-refractivity contribution in [3.05, 3.63) is 71.3 Å². The molecule has 2 aromatic rings. The van der Waals surface area contributed by atoms with Gasteiger partial charge in [0.25, 0.3) is 5.91 Å². The maximum absolute atomic E-state index is 12.4. The first-order chi connectivity index (χ1) is 10.4. The highest BCUT2D eigenvalue weighted by Crippen LogP contribution is 2.29. The van der Waals surface area contributed by atoms with Crippen LogP contribution in [-0.4, -0.2) is 11.0 Å². The van der Waals surface area contributed by atoms with Crippen molar-refractivity contribution >= 4 is 5.91 Å². The Morgan fingerprint density at radius 3 is 2.18 bits per heavy atom. The van der Waals surface area contributed by atoms with E-state index in [0.29, 0.717) is 0 Å². The Bertz CT molecular complexity index is 624. The summed E-state index contributed by atoms with van der Waals surface area (Å²) in [6.45, 7) is 0.234. The summed E-state index contributed by atoms with van der Waals surface area (Å²) >= 11 is 0. The normalized spacial score (nSPS) is 12.7. The lowest BCUT2D eigenvalue weighted by atomic mass is 10.1. The zero-order valence-electron chi connectivity index (χ0n) is 11.5. The van der Waals surface area contributed by atoms with Crippen LogP contribution in [0, 0.1) is 0 Å². The van der Waals surface area contributed by atoms with Crippen molar-refractivity contribution < 1.29 is 23.1 Å². The molecule has 2 N–H and O–H groups in total. The first-order valence-corrected chi connectivity index (χ1v) is 6.55. The largest absolute Gasteiger partial charge is 0.416 e. The Hall–Kier alpha value is -2.34. The predicted octanol–water partition coefficient (Wildman–Crippen LogP) is 3.06. The van der Waals surface area contributed by atoms with Crippen LogP contribution in [0.1, 0.15) is 22.8 Å². The molecule has 0 aliphatic carbocycles. The van der Waals surface area contributed by atoms with E-state index in [0.717, 1.165) is 29.8 Å². The van der Waals surface area contributed by atoms with E-state index in [-0.39, 0.29) is 12.1 Å². The molecule has 0 aliphatic heterocycles. The number of carbonyl (C=O) groups excluding carboxylic acids is 1. The average molecular weight is 309 g/mol. The number of rotatable bonds is 4. The molecule has 2 rings (SSSR count). The van der Waals surface area contributed by atoms with Gasteiger partial charge in [0.1, 0.15) is 0 Å². The van der Waals surface area contributed by atoms with Gasteiger partial charge >= 0.3 is 6.18 Å². The second-order valence-corrected chi connectivity index (χ2v) is 4.73.